The van der Waals surface area contributed by atoms with Gasteiger partial charge in [-0.05, 0) is 48.4 Å². The molecule has 1 amide bonds. The fourth-order valence-electron chi connectivity index (χ4n) is 2.73. The van der Waals surface area contributed by atoms with Gasteiger partial charge in [0.15, 0.2) is 0 Å². The van der Waals surface area contributed by atoms with Crippen molar-refractivity contribution >= 4 is 24.7 Å². The van der Waals surface area contributed by atoms with Crippen LogP contribution in [0.3, 0.4) is 0 Å². The molecule has 6 heteroatoms. The molecule has 0 aliphatic carbocycles. The topological polar surface area (TPSA) is 55.4 Å². The van der Waals surface area contributed by atoms with E-state index in [4.69, 9.17) is 4.74 Å². The summed E-state index contributed by atoms with van der Waals surface area (Å²) in [6.07, 6.45) is 0. The van der Waals surface area contributed by atoms with Gasteiger partial charge in [-0.15, -0.1) is 0 Å². The van der Waals surface area contributed by atoms with Crippen molar-refractivity contribution < 1.29 is 18.7 Å². The van der Waals surface area contributed by atoms with Crippen LogP contribution in [-0.2, 0) is 4.79 Å². The lowest BCUT2D eigenvalue weighted by atomic mass is 9.97. The highest BCUT2D eigenvalue weighted by atomic mass is 32.1. The minimum Gasteiger partial charge on any atom is -0.426 e. The van der Waals surface area contributed by atoms with E-state index in [9.17, 15) is 14.0 Å². The van der Waals surface area contributed by atoms with Crippen molar-refractivity contribution in [2.75, 3.05) is 0 Å². The van der Waals surface area contributed by atoms with E-state index in [1.165, 1.54) is 30.3 Å². The van der Waals surface area contributed by atoms with E-state index in [0.717, 1.165) is 5.56 Å². The largest absolute Gasteiger partial charge is 0.426 e. The fraction of sp³-hybridized carbons (Fsp3) is 0.0909. The highest BCUT2D eigenvalue weighted by Crippen LogP contribution is 2.27. The molecule has 0 aliphatic heterocycles. The van der Waals surface area contributed by atoms with Crippen molar-refractivity contribution in [3.8, 4) is 16.9 Å². The molecule has 0 aliphatic rings. The quantitative estimate of drug-likeness (QED) is 0.371. The summed E-state index contributed by atoms with van der Waals surface area (Å²) in [7, 11) is 0. The standard InChI is InChI=1S/C22H18FNO3S/c1-14(22(26)27-18-10-7-16(8-11-18)21(25)24-28)17-9-12-19(20(23)13-17)15-5-3-2-4-6-15/h2-14,28H,1H3,(H,24,25). The minimum atomic E-state index is -0.653. The third kappa shape index (κ3) is 4.40. The summed E-state index contributed by atoms with van der Waals surface area (Å²) in [5, 5.41) is 0. The van der Waals surface area contributed by atoms with E-state index in [0.29, 0.717) is 22.4 Å². The van der Waals surface area contributed by atoms with Gasteiger partial charge in [-0.1, -0.05) is 55.3 Å². The molecule has 3 aromatic rings. The van der Waals surface area contributed by atoms with E-state index >= 15 is 0 Å². The zero-order chi connectivity index (χ0) is 20.1. The Morgan fingerprint density at radius 3 is 2.29 bits per heavy atom. The van der Waals surface area contributed by atoms with E-state index in [1.807, 2.05) is 30.3 Å². The Balaban J connectivity index is 1.73. The predicted molar refractivity (Wildman–Crippen MR) is 109 cm³/mol. The van der Waals surface area contributed by atoms with Crippen molar-refractivity contribution in [3.63, 3.8) is 0 Å². The SMILES string of the molecule is CC(C(=O)Oc1ccc(C(=O)NS)cc1)c1ccc(-c2ccccc2)c(F)c1. The van der Waals surface area contributed by atoms with Gasteiger partial charge in [0.05, 0.1) is 5.92 Å². The van der Waals surface area contributed by atoms with Crippen molar-refractivity contribution in [3.05, 3.63) is 89.7 Å². The zero-order valence-corrected chi connectivity index (χ0v) is 15.9. The number of carbonyl (C=O) groups excluding carboxylic acids is 2. The van der Waals surface area contributed by atoms with Gasteiger partial charge < -0.3 is 4.74 Å². The second-order valence-corrected chi connectivity index (χ2v) is 6.44. The zero-order valence-electron chi connectivity index (χ0n) is 15.1. The maximum absolute atomic E-state index is 14.5. The number of ether oxygens (including phenoxy) is 1. The number of thiol groups is 1. The first-order valence-corrected chi connectivity index (χ1v) is 9.05. The molecule has 1 atom stereocenters. The smallest absolute Gasteiger partial charge is 0.318 e. The Morgan fingerprint density at radius 1 is 1.00 bits per heavy atom. The fourth-order valence-corrected chi connectivity index (χ4v) is 2.86. The summed E-state index contributed by atoms with van der Waals surface area (Å²) < 4.78 is 22.1. The number of nitrogens with one attached hydrogen (secondary N) is 1. The molecule has 0 radical (unpaired) electrons. The molecule has 0 spiro atoms. The molecule has 3 aromatic carbocycles. The molecule has 0 heterocycles. The number of hydrogen-bond acceptors (Lipinski definition) is 4. The second kappa shape index (κ2) is 8.71. The van der Waals surface area contributed by atoms with Gasteiger partial charge >= 0.3 is 5.97 Å². The minimum absolute atomic E-state index is 0.300. The van der Waals surface area contributed by atoms with Crippen molar-refractivity contribution in [1.29, 1.82) is 0 Å². The first-order chi connectivity index (χ1) is 13.5. The maximum atomic E-state index is 14.5. The van der Waals surface area contributed by atoms with Crippen LogP contribution >= 0.6 is 12.8 Å². The normalized spacial score (nSPS) is 11.5. The van der Waals surface area contributed by atoms with Crippen LogP contribution in [0.4, 0.5) is 4.39 Å². The molecule has 0 saturated heterocycles. The van der Waals surface area contributed by atoms with Crippen LogP contribution in [0.15, 0.2) is 72.8 Å². The number of hydrogen-bond donors (Lipinski definition) is 2. The van der Waals surface area contributed by atoms with Crippen LogP contribution in [0.5, 0.6) is 5.75 Å². The van der Waals surface area contributed by atoms with Gasteiger partial charge in [0.1, 0.15) is 11.6 Å². The summed E-state index contributed by atoms with van der Waals surface area (Å²) in [5.74, 6) is -1.62. The lowest BCUT2D eigenvalue weighted by molar-refractivity contribution is -0.135. The Bertz CT molecular complexity index is 990. The third-order valence-corrected chi connectivity index (χ3v) is 4.57. The lowest BCUT2D eigenvalue weighted by Crippen LogP contribution is -2.17. The number of rotatable bonds is 5. The maximum Gasteiger partial charge on any atom is 0.318 e. The van der Waals surface area contributed by atoms with Gasteiger partial charge in [0.25, 0.3) is 5.91 Å². The van der Waals surface area contributed by atoms with E-state index in [2.05, 4.69) is 17.5 Å². The van der Waals surface area contributed by atoms with Gasteiger partial charge in [0.2, 0.25) is 0 Å². The molecular formula is C22H18FNO3S. The van der Waals surface area contributed by atoms with Crippen molar-refractivity contribution in [1.82, 2.24) is 4.72 Å². The number of esters is 1. The number of benzene rings is 3. The summed E-state index contributed by atoms with van der Waals surface area (Å²) in [5.41, 5.74) is 2.16. The molecule has 0 aromatic heterocycles. The van der Waals surface area contributed by atoms with E-state index < -0.39 is 17.7 Å². The molecule has 0 saturated carbocycles. The van der Waals surface area contributed by atoms with E-state index in [-0.39, 0.29) is 5.91 Å². The summed E-state index contributed by atoms with van der Waals surface area (Å²) in [6.45, 7) is 1.65. The average molecular weight is 395 g/mol. The molecule has 28 heavy (non-hydrogen) atoms. The molecule has 1 unspecified atom stereocenters. The van der Waals surface area contributed by atoms with Gasteiger partial charge in [0, 0.05) is 11.1 Å². The highest BCUT2D eigenvalue weighted by Gasteiger charge is 2.19. The van der Waals surface area contributed by atoms with Crippen LogP contribution in [0.2, 0.25) is 0 Å². The van der Waals surface area contributed by atoms with Crippen molar-refractivity contribution in [2.24, 2.45) is 0 Å². The molecule has 4 nitrogen and oxygen atoms in total. The molecule has 1 N–H and O–H groups in total. The number of amides is 1. The average Bonchev–Trinajstić information content (AvgIpc) is 2.73. The Labute approximate surface area is 167 Å². The first-order valence-electron chi connectivity index (χ1n) is 8.60. The van der Waals surface area contributed by atoms with Crippen LogP contribution in [0.1, 0.15) is 28.8 Å². The van der Waals surface area contributed by atoms with Crippen LogP contribution in [0, 0.1) is 5.82 Å². The summed E-state index contributed by atoms with van der Waals surface area (Å²) >= 11 is 3.70. The summed E-state index contributed by atoms with van der Waals surface area (Å²) in [6, 6.07) is 20.0. The van der Waals surface area contributed by atoms with Gasteiger partial charge in [-0.2, -0.15) is 0 Å². The third-order valence-electron chi connectivity index (χ3n) is 4.37. The van der Waals surface area contributed by atoms with Crippen LogP contribution in [0.25, 0.3) is 11.1 Å². The Kier molecular flexibility index (Phi) is 6.11. The molecule has 0 bridgehead atoms. The molecule has 3 rings (SSSR count). The number of halogens is 1. The summed E-state index contributed by atoms with van der Waals surface area (Å²) in [4.78, 5) is 23.9. The van der Waals surface area contributed by atoms with Crippen LogP contribution < -0.4 is 9.46 Å². The van der Waals surface area contributed by atoms with Gasteiger partial charge in [-0.3, -0.25) is 14.3 Å². The monoisotopic (exact) mass is 395 g/mol. The van der Waals surface area contributed by atoms with Gasteiger partial charge in [-0.25, -0.2) is 4.39 Å². The van der Waals surface area contributed by atoms with Crippen molar-refractivity contribution in [2.45, 2.75) is 12.8 Å². The Morgan fingerprint density at radius 2 is 1.68 bits per heavy atom. The Hall–Kier alpha value is -3.12. The molecule has 0 fully saturated rings. The number of carbonyl (C=O) groups is 2. The molecule has 142 valence electrons. The highest BCUT2D eigenvalue weighted by molar-refractivity contribution is 7.78. The predicted octanol–water partition coefficient (Wildman–Crippen LogP) is 4.78. The molecular weight excluding hydrogens is 377 g/mol. The van der Waals surface area contributed by atoms with Crippen LogP contribution in [-0.4, -0.2) is 11.9 Å². The first kappa shape index (κ1) is 19.6. The second-order valence-electron chi connectivity index (χ2n) is 6.21. The van der Waals surface area contributed by atoms with E-state index in [1.54, 1.807) is 19.1 Å². The lowest BCUT2D eigenvalue weighted by Gasteiger charge is -2.13.